The Morgan fingerprint density at radius 3 is 2.49 bits per heavy atom. The number of carbonyl (C=O) groups excluding carboxylic acids is 1. The van der Waals surface area contributed by atoms with Gasteiger partial charge in [-0.3, -0.25) is 4.79 Å². The molecule has 1 saturated carbocycles. The summed E-state index contributed by atoms with van der Waals surface area (Å²) in [5.41, 5.74) is 8.71. The van der Waals surface area contributed by atoms with Gasteiger partial charge in [-0.15, -0.1) is 0 Å². The lowest BCUT2D eigenvalue weighted by atomic mass is 9.90. The van der Waals surface area contributed by atoms with E-state index >= 15 is 0 Å². The van der Waals surface area contributed by atoms with E-state index in [1.54, 1.807) is 0 Å². The average Bonchev–Trinajstić information content (AvgIpc) is 3.55. The normalized spacial score (nSPS) is 17.1. The van der Waals surface area contributed by atoms with Gasteiger partial charge in [0.15, 0.2) is 0 Å². The minimum absolute atomic E-state index is 0.0318. The SMILES string of the molecule is CC(=O)NCCNCc1cc(Cl)c(OCc2cccc(-c3cccc4c3CCN4CCCN3CCC(O)CC3)c2C)cc1OCC1CCCCC1. The number of ether oxygens (including phenoxy) is 2. The maximum absolute atomic E-state index is 11.3. The van der Waals surface area contributed by atoms with Gasteiger partial charge in [0.25, 0.3) is 0 Å². The van der Waals surface area contributed by atoms with Gasteiger partial charge in [0, 0.05) is 70.1 Å². The number of hydrogen-bond donors (Lipinski definition) is 3. The van der Waals surface area contributed by atoms with Gasteiger partial charge in [0.2, 0.25) is 5.91 Å². The van der Waals surface area contributed by atoms with E-state index in [0.29, 0.717) is 49.5 Å². The summed E-state index contributed by atoms with van der Waals surface area (Å²) in [5.74, 6) is 1.97. The van der Waals surface area contributed by atoms with E-state index in [1.165, 1.54) is 67.0 Å². The molecule has 0 spiro atoms. The summed E-state index contributed by atoms with van der Waals surface area (Å²) in [4.78, 5) is 16.3. The van der Waals surface area contributed by atoms with Gasteiger partial charge in [0.1, 0.15) is 18.1 Å². The quantitative estimate of drug-likeness (QED) is 0.134. The average molecular weight is 717 g/mol. The number of carbonyl (C=O) groups is 1. The number of fused-ring (bicyclic) bond motifs is 1. The Balaban J connectivity index is 1.12. The first-order chi connectivity index (χ1) is 24.9. The topological polar surface area (TPSA) is 86.3 Å². The fourth-order valence-corrected chi connectivity index (χ4v) is 8.21. The summed E-state index contributed by atoms with van der Waals surface area (Å²) in [6.07, 6.45) is 10.2. The molecule has 276 valence electrons. The molecule has 0 aromatic heterocycles. The van der Waals surface area contributed by atoms with E-state index in [4.69, 9.17) is 21.1 Å². The van der Waals surface area contributed by atoms with Gasteiger partial charge in [0.05, 0.1) is 17.7 Å². The Morgan fingerprint density at radius 2 is 1.69 bits per heavy atom. The van der Waals surface area contributed by atoms with Crippen molar-refractivity contribution in [3.63, 3.8) is 0 Å². The highest BCUT2D eigenvalue weighted by Crippen LogP contribution is 2.39. The Morgan fingerprint density at radius 1 is 0.902 bits per heavy atom. The van der Waals surface area contributed by atoms with Gasteiger partial charge >= 0.3 is 0 Å². The first kappa shape index (κ1) is 37.5. The number of rotatable bonds is 16. The molecule has 3 aromatic carbocycles. The third-order valence-corrected chi connectivity index (χ3v) is 11.3. The number of benzene rings is 3. The van der Waals surface area contributed by atoms with Crippen molar-refractivity contribution in [3.05, 3.63) is 75.8 Å². The molecule has 51 heavy (non-hydrogen) atoms. The van der Waals surface area contributed by atoms with Crippen LogP contribution in [0.15, 0.2) is 48.5 Å². The molecule has 2 aliphatic heterocycles. The van der Waals surface area contributed by atoms with Crippen LogP contribution in [0.2, 0.25) is 5.02 Å². The molecule has 8 nitrogen and oxygen atoms in total. The highest BCUT2D eigenvalue weighted by Gasteiger charge is 2.24. The predicted molar refractivity (Wildman–Crippen MR) is 207 cm³/mol. The maximum Gasteiger partial charge on any atom is 0.216 e. The molecule has 0 bridgehead atoms. The molecule has 0 atom stereocenters. The Hall–Kier alpha value is -3.30. The lowest BCUT2D eigenvalue weighted by Crippen LogP contribution is -2.37. The van der Waals surface area contributed by atoms with Gasteiger partial charge in [-0.1, -0.05) is 61.2 Å². The van der Waals surface area contributed by atoms with Crippen LogP contribution in [-0.4, -0.2) is 74.4 Å². The number of nitrogens with one attached hydrogen (secondary N) is 2. The zero-order valence-corrected chi connectivity index (χ0v) is 31.4. The molecule has 2 fully saturated rings. The molecule has 1 amide bonds. The fraction of sp³-hybridized carbons (Fsp3) is 0.548. The molecule has 1 aliphatic carbocycles. The first-order valence-electron chi connectivity index (χ1n) is 19.2. The van der Waals surface area contributed by atoms with Crippen molar-refractivity contribution in [1.29, 1.82) is 0 Å². The van der Waals surface area contributed by atoms with E-state index < -0.39 is 0 Å². The number of aliphatic hydroxyl groups excluding tert-OH is 1. The summed E-state index contributed by atoms with van der Waals surface area (Å²) >= 11 is 6.85. The molecule has 9 heteroatoms. The van der Waals surface area contributed by atoms with Crippen molar-refractivity contribution in [2.24, 2.45) is 5.92 Å². The van der Waals surface area contributed by atoms with Gasteiger partial charge in [-0.05, 0) is 97.9 Å². The van der Waals surface area contributed by atoms with Gasteiger partial charge < -0.3 is 35.0 Å². The second-order valence-electron chi connectivity index (χ2n) is 14.7. The van der Waals surface area contributed by atoms with Crippen LogP contribution in [0.4, 0.5) is 5.69 Å². The number of nitrogens with zero attached hydrogens (tertiary/aromatic N) is 2. The smallest absolute Gasteiger partial charge is 0.216 e. The zero-order chi connectivity index (χ0) is 35.6. The number of hydrogen-bond acceptors (Lipinski definition) is 7. The molecule has 3 N–H and O–H groups in total. The fourth-order valence-electron chi connectivity index (χ4n) is 7.97. The van der Waals surface area contributed by atoms with Crippen LogP contribution in [0.3, 0.4) is 0 Å². The van der Waals surface area contributed by atoms with Gasteiger partial charge in [-0.25, -0.2) is 0 Å². The summed E-state index contributed by atoms with van der Waals surface area (Å²) in [6, 6.07) is 17.2. The molecule has 3 aliphatic rings. The van der Waals surface area contributed by atoms with Crippen molar-refractivity contribution >= 4 is 23.2 Å². The van der Waals surface area contributed by atoms with E-state index in [0.717, 1.165) is 75.3 Å². The van der Waals surface area contributed by atoms with Crippen LogP contribution in [0.25, 0.3) is 11.1 Å². The minimum atomic E-state index is -0.117. The summed E-state index contributed by atoms with van der Waals surface area (Å²) in [7, 11) is 0. The van der Waals surface area contributed by atoms with E-state index in [-0.39, 0.29) is 12.0 Å². The number of likely N-dealkylation sites (tertiary alicyclic amines) is 1. The molecule has 3 aromatic rings. The number of piperidine rings is 1. The third-order valence-electron chi connectivity index (χ3n) is 11.0. The molecular weight excluding hydrogens is 660 g/mol. The number of anilines is 1. The molecule has 0 unspecified atom stereocenters. The first-order valence-corrected chi connectivity index (χ1v) is 19.6. The predicted octanol–water partition coefficient (Wildman–Crippen LogP) is 7.29. The van der Waals surface area contributed by atoms with Crippen LogP contribution in [-0.2, 0) is 24.4 Å². The van der Waals surface area contributed by atoms with E-state index in [1.807, 2.05) is 12.1 Å². The standard InChI is InChI=1S/C42H57ClN4O4/c1-30-33(11-6-12-36(30)37-13-7-14-40-38(37)17-24-47(40)21-8-20-46-22-15-35(49)16-23-46)29-51-42-26-41(50-28-32-9-4-3-5-10-32)34(25-39(42)43)27-44-18-19-45-31(2)48/h6-7,11-14,25-26,32,35,44,49H,3-5,8-10,15-24,27-29H2,1-2H3,(H,45,48). The highest BCUT2D eigenvalue weighted by atomic mass is 35.5. The van der Waals surface area contributed by atoms with Crippen molar-refractivity contribution < 1.29 is 19.4 Å². The van der Waals surface area contributed by atoms with E-state index in [9.17, 15) is 9.90 Å². The molecular formula is C42H57ClN4O4. The second kappa shape index (κ2) is 18.5. The lowest BCUT2D eigenvalue weighted by Gasteiger charge is -2.30. The molecule has 2 heterocycles. The van der Waals surface area contributed by atoms with Crippen LogP contribution in [0.5, 0.6) is 11.5 Å². The second-order valence-corrected chi connectivity index (χ2v) is 15.1. The largest absolute Gasteiger partial charge is 0.493 e. The molecule has 6 rings (SSSR count). The summed E-state index contributed by atoms with van der Waals surface area (Å²) in [6.45, 7) is 11.9. The summed E-state index contributed by atoms with van der Waals surface area (Å²) < 4.78 is 12.9. The Bertz CT molecular complexity index is 1600. The Kier molecular flexibility index (Phi) is 13.6. The number of aliphatic hydroxyl groups is 1. The van der Waals surface area contributed by atoms with Crippen LogP contribution < -0.4 is 25.0 Å². The zero-order valence-electron chi connectivity index (χ0n) is 30.7. The van der Waals surface area contributed by atoms with Crippen molar-refractivity contribution in [1.82, 2.24) is 15.5 Å². The van der Waals surface area contributed by atoms with Crippen LogP contribution in [0.1, 0.15) is 80.5 Å². The van der Waals surface area contributed by atoms with Crippen molar-refractivity contribution in [3.8, 4) is 22.6 Å². The monoisotopic (exact) mass is 716 g/mol. The maximum atomic E-state index is 11.3. The van der Waals surface area contributed by atoms with Crippen molar-refractivity contribution in [2.45, 2.75) is 90.9 Å². The van der Waals surface area contributed by atoms with Crippen LogP contribution in [0, 0.1) is 12.8 Å². The number of halogens is 1. The minimum Gasteiger partial charge on any atom is -0.493 e. The molecule has 1 saturated heterocycles. The van der Waals surface area contributed by atoms with E-state index in [2.05, 4.69) is 63.8 Å². The summed E-state index contributed by atoms with van der Waals surface area (Å²) in [5, 5.41) is 16.6. The van der Waals surface area contributed by atoms with Crippen molar-refractivity contribution in [2.75, 3.05) is 57.3 Å². The lowest BCUT2D eigenvalue weighted by molar-refractivity contribution is -0.118. The molecule has 0 radical (unpaired) electrons. The van der Waals surface area contributed by atoms with Gasteiger partial charge in [-0.2, -0.15) is 0 Å². The highest BCUT2D eigenvalue weighted by molar-refractivity contribution is 6.32. The van der Waals surface area contributed by atoms with Crippen LogP contribution >= 0.6 is 11.6 Å². The third kappa shape index (κ3) is 10.2. The Labute approximate surface area is 309 Å². The number of amides is 1.